The van der Waals surface area contributed by atoms with Crippen LogP contribution in [-0.4, -0.2) is 27.1 Å². The topological polar surface area (TPSA) is 100 Å². The summed E-state index contributed by atoms with van der Waals surface area (Å²) < 4.78 is 27.8. The van der Waals surface area contributed by atoms with E-state index in [0.717, 1.165) is 11.8 Å². The number of carbonyl (C=O) groups is 1. The highest BCUT2D eigenvalue weighted by Crippen LogP contribution is 2.11. The minimum atomic E-state index is -3.22. The van der Waals surface area contributed by atoms with Crippen LogP contribution in [-0.2, 0) is 21.1 Å². The number of sulfone groups is 1. The van der Waals surface area contributed by atoms with Gasteiger partial charge in [-0.05, 0) is 36.2 Å². The van der Waals surface area contributed by atoms with E-state index in [4.69, 9.17) is 9.68 Å². The molecule has 0 radical (unpaired) electrons. The maximum atomic E-state index is 12.0. The first-order chi connectivity index (χ1) is 11.4. The average Bonchev–Trinajstić information content (AvgIpc) is 3.05. The summed E-state index contributed by atoms with van der Waals surface area (Å²) in [5.41, 5.74) is 0.841. The Balaban J connectivity index is 1.91. The number of nitrogens with zero attached hydrogens (tertiary/aromatic N) is 1. The summed E-state index contributed by atoms with van der Waals surface area (Å²) in [4.78, 5) is 12.2. The molecule has 1 amide bonds. The third kappa shape index (κ3) is 4.83. The van der Waals surface area contributed by atoms with E-state index in [1.165, 1.54) is 24.5 Å². The summed E-state index contributed by atoms with van der Waals surface area (Å²) in [7, 11) is -3.22. The monoisotopic (exact) mass is 344 g/mol. The number of amides is 1. The van der Waals surface area contributed by atoms with Gasteiger partial charge >= 0.3 is 0 Å². The molecule has 0 saturated heterocycles. The summed E-state index contributed by atoms with van der Waals surface area (Å²) in [5.74, 6) is -0.0558. The van der Waals surface area contributed by atoms with Crippen LogP contribution in [0.15, 0.2) is 57.5 Å². The van der Waals surface area contributed by atoms with Crippen LogP contribution < -0.4 is 5.32 Å². The molecule has 0 bridgehead atoms. The molecule has 2 aromatic rings. The minimum Gasteiger partial charge on any atom is -0.465 e. The van der Waals surface area contributed by atoms with E-state index in [1.54, 1.807) is 24.3 Å². The van der Waals surface area contributed by atoms with Gasteiger partial charge in [-0.3, -0.25) is 4.79 Å². The van der Waals surface area contributed by atoms with Gasteiger partial charge in [-0.25, -0.2) is 8.42 Å². The van der Waals surface area contributed by atoms with Gasteiger partial charge < -0.3 is 9.73 Å². The molecule has 0 fully saturated rings. The molecule has 0 aliphatic rings. The molecule has 0 spiro atoms. The highest BCUT2D eigenvalue weighted by Gasteiger charge is 2.10. The summed E-state index contributed by atoms with van der Waals surface area (Å²) in [6, 6.07) is 11.6. The van der Waals surface area contributed by atoms with Gasteiger partial charge in [0.15, 0.2) is 9.84 Å². The van der Waals surface area contributed by atoms with Crippen molar-refractivity contribution >= 4 is 21.8 Å². The lowest BCUT2D eigenvalue weighted by Gasteiger charge is -2.05. The van der Waals surface area contributed by atoms with E-state index < -0.39 is 15.7 Å². The summed E-state index contributed by atoms with van der Waals surface area (Å²) >= 11 is 0. The molecular formula is C17H16N2O4S. The van der Waals surface area contributed by atoms with Crippen molar-refractivity contribution < 1.29 is 17.6 Å². The Morgan fingerprint density at radius 2 is 2.00 bits per heavy atom. The van der Waals surface area contributed by atoms with E-state index in [1.807, 2.05) is 6.07 Å². The predicted octanol–water partition coefficient (Wildman–Crippen LogP) is 1.95. The standard InChI is InChI=1S/C17H16N2O4S/c1-24(21,22)16-6-4-13(5-7-16)8-9-19-17(20)14(12-18)11-15-3-2-10-23-15/h2-7,10-11H,8-9H2,1H3,(H,19,20)/b14-11+. The van der Waals surface area contributed by atoms with Gasteiger partial charge in [0.2, 0.25) is 0 Å². The first kappa shape index (κ1) is 17.5. The van der Waals surface area contributed by atoms with Gasteiger partial charge in [0.05, 0.1) is 11.2 Å². The molecule has 0 unspecified atom stereocenters. The fourth-order valence-corrected chi connectivity index (χ4v) is 2.61. The molecule has 2 rings (SSSR count). The quantitative estimate of drug-likeness (QED) is 0.638. The molecule has 124 valence electrons. The van der Waals surface area contributed by atoms with Crippen LogP contribution in [0, 0.1) is 11.3 Å². The maximum Gasteiger partial charge on any atom is 0.262 e. The van der Waals surface area contributed by atoms with Gasteiger partial charge in [0.1, 0.15) is 17.4 Å². The van der Waals surface area contributed by atoms with E-state index in [2.05, 4.69) is 5.32 Å². The molecule has 6 nitrogen and oxygen atoms in total. The molecule has 1 aromatic carbocycles. The van der Waals surface area contributed by atoms with E-state index in [-0.39, 0.29) is 10.5 Å². The molecule has 0 saturated carbocycles. The van der Waals surface area contributed by atoms with Gasteiger partial charge in [-0.15, -0.1) is 0 Å². The van der Waals surface area contributed by atoms with Crippen molar-refractivity contribution in [1.82, 2.24) is 5.32 Å². The van der Waals surface area contributed by atoms with E-state index >= 15 is 0 Å². The zero-order valence-corrected chi connectivity index (χ0v) is 13.8. The number of furan rings is 1. The zero-order chi connectivity index (χ0) is 17.6. The summed E-state index contributed by atoms with van der Waals surface area (Å²) in [5, 5.41) is 11.7. The largest absolute Gasteiger partial charge is 0.465 e. The van der Waals surface area contributed by atoms with Crippen molar-refractivity contribution in [2.24, 2.45) is 0 Å². The van der Waals surface area contributed by atoms with Crippen LogP contribution in [0.3, 0.4) is 0 Å². The minimum absolute atomic E-state index is 0.0441. The lowest BCUT2D eigenvalue weighted by molar-refractivity contribution is -0.117. The number of carbonyl (C=O) groups excluding carboxylic acids is 1. The highest BCUT2D eigenvalue weighted by molar-refractivity contribution is 7.90. The van der Waals surface area contributed by atoms with Crippen LogP contribution in [0.5, 0.6) is 0 Å². The Bertz CT molecular complexity index is 874. The Hall–Kier alpha value is -2.85. The maximum absolute atomic E-state index is 12.0. The lowest BCUT2D eigenvalue weighted by Crippen LogP contribution is -2.26. The number of hydrogen-bond donors (Lipinski definition) is 1. The molecule has 0 atom stereocenters. The second-order valence-corrected chi connectivity index (χ2v) is 7.12. The lowest BCUT2D eigenvalue weighted by atomic mass is 10.1. The number of benzene rings is 1. The van der Waals surface area contributed by atoms with Crippen LogP contribution in [0.25, 0.3) is 6.08 Å². The van der Waals surface area contributed by atoms with E-state index in [9.17, 15) is 13.2 Å². The SMILES string of the molecule is CS(=O)(=O)c1ccc(CCNC(=O)/C(C#N)=C/c2ccco2)cc1. The molecule has 1 heterocycles. The molecule has 0 aliphatic carbocycles. The zero-order valence-electron chi connectivity index (χ0n) is 13.0. The number of nitriles is 1. The molecule has 7 heteroatoms. The van der Waals surface area contributed by atoms with Crippen LogP contribution in [0.2, 0.25) is 0 Å². The van der Waals surface area contributed by atoms with Crippen molar-refractivity contribution in [3.63, 3.8) is 0 Å². The Labute approximate surface area is 140 Å². The molecule has 24 heavy (non-hydrogen) atoms. The number of hydrogen-bond acceptors (Lipinski definition) is 5. The third-order valence-electron chi connectivity index (χ3n) is 3.25. The van der Waals surface area contributed by atoms with Crippen molar-refractivity contribution in [3.8, 4) is 6.07 Å². The first-order valence-electron chi connectivity index (χ1n) is 7.12. The summed E-state index contributed by atoms with van der Waals surface area (Å²) in [6.45, 7) is 0.328. The summed E-state index contributed by atoms with van der Waals surface area (Å²) in [6.07, 6.45) is 4.50. The predicted molar refractivity (Wildman–Crippen MR) is 88.6 cm³/mol. The van der Waals surface area contributed by atoms with Crippen LogP contribution in [0.4, 0.5) is 0 Å². The van der Waals surface area contributed by atoms with Crippen molar-refractivity contribution in [1.29, 1.82) is 5.26 Å². The smallest absolute Gasteiger partial charge is 0.262 e. The van der Waals surface area contributed by atoms with Crippen molar-refractivity contribution in [2.75, 3.05) is 12.8 Å². The Morgan fingerprint density at radius 3 is 2.54 bits per heavy atom. The molecule has 1 aromatic heterocycles. The van der Waals surface area contributed by atoms with Gasteiger partial charge in [0, 0.05) is 18.9 Å². The number of nitrogens with one attached hydrogen (secondary N) is 1. The second-order valence-electron chi connectivity index (χ2n) is 5.11. The van der Waals surface area contributed by atoms with Crippen molar-refractivity contribution in [2.45, 2.75) is 11.3 Å². The normalized spacial score (nSPS) is 11.8. The Morgan fingerprint density at radius 1 is 1.29 bits per heavy atom. The number of rotatable bonds is 6. The Kier molecular flexibility index (Phi) is 5.55. The van der Waals surface area contributed by atoms with Crippen molar-refractivity contribution in [3.05, 3.63) is 59.6 Å². The van der Waals surface area contributed by atoms with Crippen LogP contribution in [0.1, 0.15) is 11.3 Å². The average molecular weight is 344 g/mol. The van der Waals surface area contributed by atoms with Gasteiger partial charge in [-0.2, -0.15) is 5.26 Å². The molecule has 0 aliphatic heterocycles. The molecule has 1 N–H and O–H groups in total. The fraction of sp³-hybridized carbons (Fsp3) is 0.176. The van der Waals surface area contributed by atoms with Gasteiger partial charge in [-0.1, -0.05) is 12.1 Å². The van der Waals surface area contributed by atoms with Gasteiger partial charge in [0.25, 0.3) is 5.91 Å². The second kappa shape index (κ2) is 7.62. The highest BCUT2D eigenvalue weighted by atomic mass is 32.2. The van der Waals surface area contributed by atoms with E-state index in [0.29, 0.717) is 18.7 Å². The first-order valence-corrected chi connectivity index (χ1v) is 9.02. The fourth-order valence-electron chi connectivity index (χ4n) is 1.98. The molecular weight excluding hydrogens is 328 g/mol. The third-order valence-corrected chi connectivity index (χ3v) is 4.37. The van der Waals surface area contributed by atoms with Crippen LogP contribution >= 0.6 is 0 Å².